The number of fused-ring (bicyclic) bond motifs is 1. The van der Waals surface area contributed by atoms with Crippen LogP contribution in [-0.4, -0.2) is 74.4 Å². The molecule has 2 saturated heterocycles. The van der Waals surface area contributed by atoms with E-state index in [0.717, 1.165) is 50.8 Å². The molecule has 0 unspecified atom stereocenters. The SMILES string of the molecule is C[C@H](c1nc2ccc(C(=O)O)nc2n1C[C@@H]1CCO1)N1CCN(c2cccc(OCc3ccc(C#N)cc3F)n2)CC1. The van der Waals surface area contributed by atoms with Gasteiger partial charge in [-0.25, -0.2) is 19.2 Å². The lowest BCUT2D eigenvalue weighted by atomic mass is 10.1. The third-order valence-electron chi connectivity index (χ3n) is 7.85. The molecule has 0 aliphatic carbocycles. The molecule has 0 spiro atoms. The molecule has 6 rings (SSSR count). The van der Waals surface area contributed by atoms with Crippen LogP contribution in [0.1, 0.15) is 46.8 Å². The number of carboxylic acids is 1. The summed E-state index contributed by atoms with van der Waals surface area (Å²) in [7, 11) is 0. The molecular weight excluding hydrogens is 541 g/mol. The van der Waals surface area contributed by atoms with Gasteiger partial charge in [-0.2, -0.15) is 10.2 Å². The van der Waals surface area contributed by atoms with Crippen LogP contribution in [0.3, 0.4) is 0 Å². The molecular formula is C30H30FN7O4. The Morgan fingerprint density at radius 1 is 1.17 bits per heavy atom. The first-order valence-electron chi connectivity index (χ1n) is 13.9. The summed E-state index contributed by atoms with van der Waals surface area (Å²) >= 11 is 0. The summed E-state index contributed by atoms with van der Waals surface area (Å²) in [4.78, 5) is 30.0. The second-order valence-electron chi connectivity index (χ2n) is 10.4. The van der Waals surface area contributed by atoms with Crippen molar-refractivity contribution in [3.8, 4) is 11.9 Å². The van der Waals surface area contributed by atoms with E-state index < -0.39 is 11.8 Å². The lowest BCUT2D eigenvalue weighted by molar-refractivity contribution is -0.0594. The predicted molar refractivity (Wildman–Crippen MR) is 151 cm³/mol. The number of hydrogen-bond donors (Lipinski definition) is 1. The molecule has 2 aliphatic heterocycles. The predicted octanol–water partition coefficient (Wildman–Crippen LogP) is 3.79. The number of benzene rings is 1. The highest BCUT2D eigenvalue weighted by Crippen LogP contribution is 2.28. The van der Waals surface area contributed by atoms with Gasteiger partial charge in [0.2, 0.25) is 5.88 Å². The molecule has 42 heavy (non-hydrogen) atoms. The minimum Gasteiger partial charge on any atom is -0.477 e. The topological polar surface area (TPSA) is 130 Å². The largest absolute Gasteiger partial charge is 0.477 e. The monoisotopic (exact) mass is 571 g/mol. The Balaban J connectivity index is 1.13. The Bertz CT molecular complexity index is 1660. The van der Waals surface area contributed by atoms with Crippen molar-refractivity contribution in [2.75, 3.05) is 37.7 Å². The van der Waals surface area contributed by atoms with Crippen LogP contribution in [0.2, 0.25) is 0 Å². The fourth-order valence-corrected chi connectivity index (χ4v) is 5.32. The fourth-order valence-electron chi connectivity index (χ4n) is 5.32. The van der Waals surface area contributed by atoms with Gasteiger partial charge in [-0.05, 0) is 43.7 Å². The molecule has 0 saturated carbocycles. The summed E-state index contributed by atoms with van der Waals surface area (Å²) < 4.78 is 27.7. The summed E-state index contributed by atoms with van der Waals surface area (Å²) in [5.74, 6) is 0.460. The summed E-state index contributed by atoms with van der Waals surface area (Å²) in [5.41, 5.74) is 1.84. The van der Waals surface area contributed by atoms with Crippen LogP contribution < -0.4 is 9.64 Å². The number of imidazole rings is 1. The van der Waals surface area contributed by atoms with Gasteiger partial charge in [0.1, 0.15) is 29.6 Å². The summed E-state index contributed by atoms with van der Waals surface area (Å²) in [6.07, 6.45) is 1.01. The van der Waals surface area contributed by atoms with Crippen molar-refractivity contribution < 1.29 is 23.8 Å². The van der Waals surface area contributed by atoms with E-state index in [0.29, 0.717) is 29.2 Å². The first-order valence-corrected chi connectivity index (χ1v) is 13.9. The minimum absolute atomic E-state index is 0.00765. The Hall–Kier alpha value is -4.60. The standard InChI is InChI=1S/C30H30FN7O4/c1-19(28-33-24-7-8-25(30(39)40)34-29(24)38(28)17-22-9-14-41-22)36-10-12-37(13-11-36)26-3-2-4-27(35-26)42-18-21-6-5-20(16-32)15-23(21)31/h2-8,15,19,22H,9-14,17-18H2,1H3,(H,39,40)/t19-,22+/m1/s1. The molecule has 0 amide bonds. The number of carbonyl (C=O) groups is 1. The zero-order valence-corrected chi connectivity index (χ0v) is 23.1. The third kappa shape index (κ3) is 5.61. The molecule has 5 heterocycles. The second kappa shape index (κ2) is 11.7. The Morgan fingerprint density at radius 3 is 2.67 bits per heavy atom. The molecule has 216 valence electrons. The van der Waals surface area contributed by atoms with E-state index >= 15 is 0 Å². The van der Waals surface area contributed by atoms with Gasteiger partial charge in [-0.1, -0.05) is 12.1 Å². The summed E-state index contributed by atoms with van der Waals surface area (Å²) in [5, 5.41) is 18.4. The first-order chi connectivity index (χ1) is 20.4. The Kier molecular flexibility index (Phi) is 7.69. The average molecular weight is 572 g/mol. The lowest BCUT2D eigenvalue weighted by Gasteiger charge is -2.38. The van der Waals surface area contributed by atoms with Crippen molar-refractivity contribution in [1.29, 1.82) is 5.26 Å². The van der Waals surface area contributed by atoms with E-state index in [2.05, 4.69) is 26.7 Å². The smallest absolute Gasteiger partial charge is 0.354 e. The van der Waals surface area contributed by atoms with Crippen molar-refractivity contribution >= 4 is 23.0 Å². The van der Waals surface area contributed by atoms with Gasteiger partial charge in [0, 0.05) is 44.4 Å². The van der Waals surface area contributed by atoms with Crippen molar-refractivity contribution in [2.45, 2.75) is 38.6 Å². The molecule has 2 atom stereocenters. The van der Waals surface area contributed by atoms with Crippen molar-refractivity contribution in [2.24, 2.45) is 0 Å². The molecule has 4 aromatic rings. The summed E-state index contributed by atoms with van der Waals surface area (Å²) in [6, 6.07) is 14.9. The zero-order chi connectivity index (χ0) is 29.2. The number of piperazine rings is 1. The lowest BCUT2D eigenvalue weighted by Crippen LogP contribution is -2.48. The molecule has 12 heteroatoms. The summed E-state index contributed by atoms with van der Waals surface area (Å²) in [6.45, 7) is 6.43. The van der Waals surface area contributed by atoms with Gasteiger partial charge in [-0.15, -0.1) is 0 Å². The minimum atomic E-state index is -1.07. The molecule has 2 fully saturated rings. The number of nitriles is 1. The van der Waals surface area contributed by atoms with Crippen molar-refractivity contribution in [3.63, 3.8) is 0 Å². The molecule has 0 bridgehead atoms. The highest BCUT2D eigenvalue weighted by Gasteiger charge is 2.29. The number of ether oxygens (including phenoxy) is 2. The van der Waals surface area contributed by atoms with Gasteiger partial charge in [0.15, 0.2) is 11.3 Å². The van der Waals surface area contributed by atoms with Crippen LogP contribution in [0.4, 0.5) is 10.2 Å². The van der Waals surface area contributed by atoms with Crippen molar-refractivity contribution in [1.82, 2.24) is 24.4 Å². The molecule has 1 N–H and O–H groups in total. The first kappa shape index (κ1) is 27.6. The van der Waals surface area contributed by atoms with Crippen LogP contribution in [0.15, 0.2) is 48.5 Å². The maximum atomic E-state index is 14.2. The Morgan fingerprint density at radius 2 is 1.98 bits per heavy atom. The normalized spacial score (nSPS) is 17.9. The van der Waals surface area contributed by atoms with Crippen LogP contribution in [0.5, 0.6) is 5.88 Å². The number of aromatic carboxylic acids is 1. The molecule has 1 aromatic carbocycles. The fraction of sp³-hybridized carbons (Fsp3) is 0.367. The van der Waals surface area contributed by atoms with E-state index in [1.807, 2.05) is 22.8 Å². The van der Waals surface area contributed by atoms with Crippen LogP contribution >= 0.6 is 0 Å². The number of anilines is 1. The third-order valence-corrected chi connectivity index (χ3v) is 7.85. The van der Waals surface area contributed by atoms with Gasteiger partial charge in [0.25, 0.3) is 0 Å². The number of nitrogens with zero attached hydrogens (tertiary/aromatic N) is 7. The van der Waals surface area contributed by atoms with Crippen LogP contribution in [-0.2, 0) is 17.9 Å². The van der Waals surface area contributed by atoms with E-state index in [-0.39, 0.29) is 30.0 Å². The molecule has 11 nitrogen and oxygen atoms in total. The van der Waals surface area contributed by atoms with E-state index in [9.17, 15) is 14.3 Å². The molecule has 0 radical (unpaired) electrons. The number of aromatic nitrogens is 4. The number of halogens is 1. The Labute approximate surface area is 241 Å². The maximum Gasteiger partial charge on any atom is 0.354 e. The number of hydrogen-bond acceptors (Lipinski definition) is 9. The van der Waals surface area contributed by atoms with E-state index in [1.54, 1.807) is 24.3 Å². The zero-order valence-electron chi connectivity index (χ0n) is 23.1. The number of rotatable bonds is 9. The highest BCUT2D eigenvalue weighted by molar-refractivity contribution is 5.88. The van der Waals surface area contributed by atoms with Crippen molar-refractivity contribution in [3.05, 3.63) is 77.0 Å². The quantitative estimate of drug-likeness (QED) is 0.317. The van der Waals surface area contributed by atoms with Gasteiger partial charge in [0.05, 0.1) is 30.3 Å². The second-order valence-corrected chi connectivity index (χ2v) is 10.4. The van der Waals surface area contributed by atoms with Crippen LogP contribution in [0, 0.1) is 17.1 Å². The number of carboxylic acid groups (broad SMARTS) is 1. The van der Waals surface area contributed by atoms with E-state index in [4.69, 9.17) is 19.7 Å². The molecule has 3 aromatic heterocycles. The molecule has 2 aliphatic rings. The van der Waals surface area contributed by atoms with Gasteiger partial charge in [-0.3, -0.25) is 4.90 Å². The van der Waals surface area contributed by atoms with Crippen LogP contribution in [0.25, 0.3) is 11.2 Å². The number of pyridine rings is 2. The maximum absolute atomic E-state index is 14.2. The van der Waals surface area contributed by atoms with Gasteiger partial charge >= 0.3 is 5.97 Å². The van der Waals surface area contributed by atoms with Gasteiger partial charge < -0.3 is 24.0 Å². The van der Waals surface area contributed by atoms with E-state index in [1.165, 1.54) is 12.1 Å². The highest BCUT2D eigenvalue weighted by atomic mass is 19.1. The average Bonchev–Trinajstić information content (AvgIpc) is 3.35.